The molecule has 2 aromatic carbocycles. The maximum Gasteiger partial charge on any atom is 0.405 e. The van der Waals surface area contributed by atoms with Gasteiger partial charge in [0.2, 0.25) is 17.8 Å². The molecule has 4 aromatic rings. The van der Waals surface area contributed by atoms with Crippen molar-refractivity contribution in [3.8, 4) is 23.1 Å². The number of alkyl halides is 8. The Morgan fingerprint density at radius 1 is 0.778 bits per heavy atom. The topological polar surface area (TPSA) is 219 Å². The summed E-state index contributed by atoms with van der Waals surface area (Å²) in [5.41, 5.74) is -4.60. The van der Waals surface area contributed by atoms with Gasteiger partial charge in [-0.05, 0) is 95.7 Å². The quantitative estimate of drug-likeness (QED) is 0.0336. The number of piperazine rings is 1. The lowest BCUT2D eigenvalue weighted by molar-refractivity contribution is -0.221. The second-order valence-electron chi connectivity index (χ2n) is 21.8. The normalized spacial score (nSPS) is 19.5. The van der Waals surface area contributed by atoms with Crippen LogP contribution < -0.4 is 26.3 Å². The van der Waals surface area contributed by atoms with Crippen molar-refractivity contribution in [1.29, 1.82) is 0 Å². The molecule has 1 saturated carbocycles. The number of anilines is 1. The van der Waals surface area contributed by atoms with Gasteiger partial charge in [0.05, 0.1) is 53.5 Å². The molecule has 4 aliphatic rings. The summed E-state index contributed by atoms with van der Waals surface area (Å²) in [6, 6.07) is 2.80. The molecule has 3 saturated heterocycles. The fourth-order valence-electron chi connectivity index (χ4n) is 9.93. The number of aliphatic hydroxyl groups excluding tert-OH is 1. The van der Waals surface area contributed by atoms with E-state index in [-0.39, 0.29) is 21.5 Å². The van der Waals surface area contributed by atoms with Gasteiger partial charge in [0.15, 0.2) is 0 Å². The van der Waals surface area contributed by atoms with E-state index in [1.807, 2.05) is 5.43 Å². The van der Waals surface area contributed by atoms with Gasteiger partial charge < -0.3 is 35.8 Å². The number of ether oxygens (including phenoxy) is 1. The third-order valence-corrected chi connectivity index (χ3v) is 15.3. The van der Waals surface area contributed by atoms with Crippen LogP contribution in [0.3, 0.4) is 0 Å². The minimum absolute atomic E-state index is 0.195. The molecule has 2 unspecified atom stereocenters. The number of aliphatic hydroxyl groups is 1. The van der Waals surface area contributed by atoms with E-state index in [9.17, 15) is 64.5 Å². The van der Waals surface area contributed by atoms with Gasteiger partial charge >= 0.3 is 25.0 Å². The van der Waals surface area contributed by atoms with Crippen LogP contribution in [0.1, 0.15) is 82.2 Å². The Hall–Kier alpha value is -7.09. The number of carbonyl (C=O) groups excluding carboxylic acids is 3. The van der Waals surface area contributed by atoms with Gasteiger partial charge in [-0.25, -0.2) is 33.2 Å². The van der Waals surface area contributed by atoms with E-state index in [1.54, 1.807) is 12.4 Å². The third-order valence-electron chi connectivity index (χ3n) is 15.3. The smallest absolute Gasteiger partial charge is 0.405 e. The molecule has 18 nitrogen and oxygen atoms in total. The summed E-state index contributed by atoms with van der Waals surface area (Å²) >= 11 is 0. The average Bonchev–Trinajstić information content (AvgIpc) is 4.28. The zero-order valence-electron chi connectivity index (χ0n) is 44.1. The molecule has 28 heteroatoms. The maximum absolute atomic E-state index is 16.0. The lowest BCUT2D eigenvalue weighted by atomic mass is 9.82. The monoisotopic (exact) mass is 1150 g/mol. The number of aromatic nitrogens is 4. The molecule has 81 heavy (non-hydrogen) atoms. The molecule has 2 aromatic heterocycles. The zero-order chi connectivity index (χ0) is 58.9. The Morgan fingerprint density at radius 3 is 1.85 bits per heavy atom. The number of hydrogen-bond donors (Lipinski definition) is 6. The second-order valence-corrected chi connectivity index (χ2v) is 21.8. The molecular formula is C53H59F10N11O7. The highest BCUT2D eigenvalue weighted by Gasteiger charge is 2.57. The number of benzene rings is 2. The molecule has 0 radical (unpaired) electrons. The fourth-order valence-corrected chi connectivity index (χ4v) is 9.93. The zero-order valence-corrected chi connectivity index (χ0v) is 44.1. The highest BCUT2D eigenvalue weighted by molar-refractivity contribution is 5.90. The molecular weight excluding hydrogens is 1090 g/mol. The molecule has 2 bridgehead atoms. The number of carbonyl (C=O) groups is 4. The highest BCUT2D eigenvalue weighted by atomic mass is 19.4. The summed E-state index contributed by atoms with van der Waals surface area (Å²) in [5, 5.41) is 31.7. The van der Waals surface area contributed by atoms with Gasteiger partial charge in [0, 0.05) is 79.5 Å². The summed E-state index contributed by atoms with van der Waals surface area (Å²) in [4.78, 5) is 66.8. The largest absolute Gasteiger partial charge is 0.465 e. The number of nitrogens with one attached hydrogen (secondary N) is 4. The molecule has 6 N–H and O–H groups in total. The van der Waals surface area contributed by atoms with Crippen molar-refractivity contribution in [2.75, 3.05) is 37.7 Å². The second kappa shape index (κ2) is 23.8. The van der Waals surface area contributed by atoms with E-state index < -0.39 is 120 Å². The maximum atomic E-state index is 16.0. The predicted molar refractivity (Wildman–Crippen MR) is 268 cm³/mol. The number of halogens is 10. The Bertz CT molecular complexity index is 2960. The van der Waals surface area contributed by atoms with Crippen LogP contribution in [-0.2, 0) is 32.1 Å². The van der Waals surface area contributed by atoms with Crippen molar-refractivity contribution in [2.45, 2.75) is 128 Å². The van der Waals surface area contributed by atoms with Crippen molar-refractivity contribution in [3.63, 3.8) is 0 Å². The van der Waals surface area contributed by atoms with Crippen LogP contribution in [0.15, 0.2) is 61.1 Å². The minimum atomic E-state index is -5.28. The van der Waals surface area contributed by atoms with Crippen LogP contribution >= 0.6 is 0 Å². The van der Waals surface area contributed by atoms with E-state index in [0.29, 0.717) is 92.9 Å². The Kier molecular flexibility index (Phi) is 17.6. The van der Waals surface area contributed by atoms with Gasteiger partial charge in [0.25, 0.3) is 5.91 Å². The van der Waals surface area contributed by atoms with Crippen molar-refractivity contribution < 1.29 is 78.0 Å². The minimum Gasteiger partial charge on any atom is -0.465 e. The summed E-state index contributed by atoms with van der Waals surface area (Å²) in [5.74, 6) is -1.10. The van der Waals surface area contributed by atoms with E-state index in [1.165, 1.54) is 29.6 Å². The van der Waals surface area contributed by atoms with Crippen molar-refractivity contribution >= 4 is 29.8 Å². The lowest BCUT2D eigenvalue weighted by Crippen LogP contribution is -2.63. The third kappa shape index (κ3) is 13.8. The molecule has 6 atom stereocenters. The summed E-state index contributed by atoms with van der Waals surface area (Å²) in [7, 11) is 0. The number of fused-ring (bicyclic) bond motifs is 2. The first-order valence-electron chi connectivity index (χ1n) is 25.8. The Morgan fingerprint density at radius 2 is 1.35 bits per heavy atom. The van der Waals surface area contributed by atoms with Crippen LogP contribution in [0.4, 0.5) is 54.6 Å². The molecule has 1 aliphatic carbocycles. The van der Waals surface area contributed by atoms with Gasteiger partial charge in [-0.3, -0.25) is 24.7 Å². The predicted octanol–water partition coefficient (Wildman–Crippen LogP) is 6.09. The van der Waals surface area contributed by atoms with Crippen molar-refractivity contribution in [3.05, 3.63) is 94.9 Å². The Labute approximate surface area is 457 Å². The van der Waals surface area contributed by atoms with Gasteiger partial charge in [-0.1, -0.05) is 24.0 Å². The van der Waals surface area contributed by atoms with Gasteiger partial charge in [-0.2, -0.15) is 40.2 Å². The molecule has 3 aliphatic heterocycles. The van der Waals surface area contributed by atoms with Gasteiger partial charge in [-0.15, -0.1) is 0 Å². The van der Waals surface area contributed by atoms with Crippen LogP contribution in [0.2, 0.25) is 0 Å². The fraction of sp³-hybridized carbons (Fsp3) is 0.528. The number of hydrogen-bond acceptors (Lipinski definition) is 12. The number of rotatable bonds is 20. The Balaban J connectivity index is 1.07. The molecule has 0 spiro atoms. The summed E-state index contributed by atoms with van der Waals surface area (Å²) in [6.07, 6.45) is -8.28. The standard InChI is InChI=1S/C53H59F10N11O7/c1-50(2,52(58,59)60)42(67-44(76)31-11-12-31)45(77)66-40(17-29-8-5-28(6-9-29)7-10-30-20-64-48(65-21-30)71-22-33-13-14-34(23-71)74(33)35-26-81-27-35)41(75)25-72(70-46(78)43(68-49(79)80)51(3,4)53(61,62)63)24-36-37(54)18-32(19-38(36)55)39-15-16-73(69-39)47(56)57/h5-6,8-9,15-16,18-21,31,33-35,40-43,47,68,75H,11-14,17,22-27H2,1-4H3,(H,66,77)(H,67,76)(H,70,78)(H,79,80)/t33?,34?,40-,41-,42+,43+/m0/s1. The first kappa shape index (κ1) is 60.0. The van der Waals surface area contributed by atoms with E-state index in [4.69, 9.17) is 4.74 Å². The van der Waals surface area contributed by atoms with E-state index in [0.717, 1.165) is 51.4 Å². The molecule has 438 valence electrons. The van der Waals surface area contributed by atoms with Crippen LogP contribution in [-0.4, -0.2) is 151 Å². The molecule has 5 heterocycles. The lowest BCUT2D eigenvalue weighted by Gasteiger charge is -2.47. The number of carboxylic acid groups (broad SMARTS) is 1. The highest BCUT2D eigenvalue weighted by Crippen LogP contribution is 2.43. The number of hydrazine groups is 1. The first-order chi connectivity index (χ1) is 38.0. The number of amides is 4. The molecule has 4 amide bonds. The molecule has 8 rings (SSSR count). The van der Waals surface area contributed by atoms with Crippen LogP contribution in [0.5, 0.6) is 0 Å². The SMILES string of the molecule is CC(C)([C@H](NC(=O)O)C(=O)NN(Cc1c(F)cc(-c2ccn(C(F)F)n2)cc1F)C[C@H](O)[C@H](Cc1ccc(C#Cc2cnc(N3CC4CCC(C3)N4C3COC3)nc2)cc1)NC(=O)[C@@H](NC(=O)C1CC1)C(C)(C)C(F)(F)F)C(F)(F)F. The number of nitrogens with zero attached hydrogens (tertiary/aromatic N) is 7. The van der Waals surface area contributed by atoms with Gasteiger partial charge in [0.1, 0.15) is 23.7 Å². The van der Waals surface area contributed by atoms with Crippen LogP contribution in [0.25, 0.3) is 11.3 Å². The van der Waals surface area contributed by atoms with Crippen LogP contribution in [0, 0.1) is 40.2 Å². The summed E-state index contributed by atoms with van der Waals surface area (Å²) < 4.78 is 152. The van der Waals surface area contributed by atoms with Crippen molar-refractivity contribution in [2.24, 2.45) is 16.7 Å². The molecule has 4 fully saturated rings. The van der Waals surface area contributed by atoms with E-state index >= 15 is 8.78 Å². The summed E-state index contributed by atoms with van der Waals surface area (Å²) in [6.45, 7) is -0.118. The van der Waals surface area contributed by atoms with Crippen molar-refractivity contribution in [1.82, 2.24) is 51.0 Å². The average molecular weight is 1150 g/mol. The van der Waals surface area contributed by atoms with E-state index in [2.05, 4.69) is 47.3 Å². The first-order valence-corrected chi connectivity index (χ1v) is 25.8.